The maximum absolute atomic E-state index is 2.32. The molecule has 0 N–H and O–H groups in total. The summed E-state index contributed by atoms with van der Waals surface area (Å²) < 4.78 is 0. The van der Waals surface area contributed by atoms with E-state index in [0.29, 0.717) is 0 Å². The Morgan fingerprint density at radius 3 is 0.524 bits per heavy atom. The van der Waals surface area contributed by atoms with Crippen molar-refractivity contribution < 1.29 is 0 Å². The molecule has 0 unspecified atom stereocenters. The number of benzene rings is 6. The zero-order valence-corrected chi connectivity index (χ0v) is 26.4. The predicted molar refractivity (Wildman–Crippen MR) is 191 cm³/mol. The van der Waals surface area contributed by atoms with Crippen LogP contribution in [0.5, 0.6) is 0 Å². The van der Waals surface area contributed by atoms with Crippen LogP contribution in [0.15, 0.2) is 182 Å². The van der Waals surface area contributed by atoms with E-state index in [1.165, 1.54) is 31.8 Å². The van der Waals surface area contributed by atoms with Gasteiger partial charge in [-0.25, -0.2) is 0 Å². The third kappa shape index (κ3) is 6.03. The third-order valence-corrected chi connectivity index (χ3v) is 17.1. The maximum Gasteiger partial charge on any atom is 0.111 e. The normalized spacial score (nSPS) is 11.3. The average molecular weight is 583 g/mol. The highest BCUT2D eigenvalue weighted by molar-refractivity contribution is 7.96. The molecule has 0 aliphatic heterocycles. The summed E-state index contributed by atoms with van der Waals surface area (Å²) in [6.45, 7) is 4.64. The first kappa shape index (κ1) is 29.7. The Morgan fingerprint density at radius 1 is 0.262 bits per heavy atom. The Balaban J connectivity index is 0.000000168. The van der Waals surface area contributed by atoms with E-state index < -0.39 is 14.5 Å². The molecule has 208 valence electrons. The van der Waals surface area contributed by atoms with Crippen molar-refractivity contribution in [2.75, 3.05) is 12.3 Å². The minimum absolute atomic E-state index is 1.14. The van der Waals surface area contributed by atoms with Gasteiger partial charge in [-0.1, -0.05) is 109 Å². The van der Waals surface area contributed by atoms with Crippen LogP contribution in [0, 0.1) is 0 Å². The van der Waals surface area contributed by atoms with Gasteiger partial charge in [0.2, 0.25) is 0 Å². The molecular weight excluding hydrogens is 542 g/mol. The Bertz CT molecular complexity index is 1280. The Labute approximate surface area is 253 Å². The second-order valence-corrected chi connectivity index (χ2v) is 17.9. The van der Waals surface area contributed by atoms with Crippen molar-refractivity contribution in [1.29, 1.82) is 0 Å². The molecule has 0 heterocycles. The van der Waals surface area contributed by atoms with Gasteiger partial charge in [-0.2, -0.15) is 0 Å². The molecule has 0 bridgehead atoms. The summed E-state index contributed by atoms with van der Waals surface area (Å²) in [7, 11) is -3.07. The third-order valence-electron chi connectivity index (χ3n) is 8.13. The molecule has 42 heavy (non-hydrogen) atoms. The molecule has 6 rings (SSSR count). The minimum Gasteiger partial charge on any atom is -0.0620 e. The topological polar surface area (TPSA) is 0 Å². The first-order valence-electron chi connectivity index (χ1n) is 14.9. The van der Waals surface area contributed by atoms with Gasteiger partial charge in [0.05, 0.1) is 12.3 Å². The Hall–Kier alpha value is -3.82. The van der Waals surface area contributed by atoms with Gasteiger partial charge >= 0.3 is 0 Å². The van der Waals surface area contributed by atoms with Crippen LogP contribution in [0.1, 0.15) is 13.8 Å². The lowest BCUT2D eigenvalue weighted by atomic mass is 10.4. The van der Waals surface area contributed by atoms with Crippen LogP contribution >= 0.6 is 14.5 Å². The maximum atomic E-state index is 2.32. The molecule has 6 aromatic rings. The van der Waals surface area contributed by atoms with E-state index in [1.54, 1.807) is 0 Å². The van der Waals surface area contributed by atoms with E-state index in [1.807, 2.05) is 0 Å². The van der Waals surface area contributed by atoms with Gasteiger partial charge in [0, 0.05) is 0 Å². The molecular formula is C40H40P2+2. The summed E-state index contributed by atoms with van der Waals surface area (Å²) in [5.41, 5.74) is 0. The number of rotatable bonds is 8. The molecule has 0 amide bonds. The van der Waals surface area contributed by atoms with Gasteiger partial charge in [0.25, 0.3) is 0 Å². The molecule has 0 aliphatic rings. The fourth-order valence-corrected chi connectivity index (χ4v) is 14.2. The van der Waals surface area contributed by atoms with Crippen LogP contribution < -0.4 is 31.8 Å². The molecule has 0 aliphatic carbocycles. The highest BCUT2D eigenvalue weighted by atomic mass is 31.2. The molecule has 6 aromatic carbocycles. The summed E-state index contributed by atoms with van der Waals surface area (Å²) in [6, 6.07) is 66.0. The number of hydrogen-bond acceptors (Lipinski definition) is 0. The highest BCUT2D eigenvalue weighted by Crippen LogP contribution is 2.55. The van der Waals surface area contributed by atoms with Crippen LogP contribution in [0.4, 0.5) is 0 Å². The molecule has 0 atom stereocenters. The average Bonchev–Trinajstić information content (AvgIpc) is 3.09. The van der Waals surface area contributed by atoms with E-state index >= 15 is 0 Å². The van der Waals surface area contributed by atoms with E-state index in [9.17, 15) is 0 Å². The Kier molecular flexibility index (Phi) is 10.2. The quantitative estimate of drug-likeness (QED) is 0.160. The molecule has 2 heteroatoms. The zero-order valence-electron chi connectivity index (χ0n) is 24.6. The van der Waals surface area contributed by atoms with Crippen LogP contribution in [0.25, 0.3) is 0 Å². The standard InChI is InChI=1S/2C20H20P/c2*1-2-21(18-12-6-3-7-13-18,19-14-8-4-9-15-19)20-16-10-5-11-17-20/h2*3-17H,2H2,1H3/q2*+1. The highest BCUT2D eigenvalue weighted by Gasteiger charge is 2.44. The van der Waals surface area contributed by atoms with Gasteiger partial charge in [-0.15, -0.1) is 0 Å². The lowest BCUT2D eigenvalue weighted by Crippen LogP contribution is -2.32. The molecule has 0 saturated carbocycles. The molecule has 0 aromatic heterocycles. The van der Waals surface area contributed by atoms with E-state index in [4.69, 9.17) is 0 Å². The van der Waals surface area contributed by atoms with Crippen molar-refractivity contribution >= 4 is 46.4 Å². The molecule has 0 spiro atoms. The van der Waals surface area contributed by atoms with Crippen molar-refractivity contribution in [2.45, 2.75) is 13.8 Å². The van der Waals surface area contributed by atoms with E-state index in [2.05, 4.69) is 196 Å². The van der Waals surface area contributed by atoms with Gasteiger partial charge in [0.1, 0.15) is 46.4 Å². The summed E-state index contributed by atoms with van der Waals surface area (Å²) in [6.07, 6.45) is 2.29. The first-order chi connectivity index (χ1) is 20.8. The van der Waals surface area contributed by atoms with Crippen molar-refractivity contribution in [3.63, 3.8) is 0 Å². The lowest BCUT2D eigenvalue weighted by molar-refractivity contribution is 1.48. The number of hydrogen-bond donors (Lipinski definition) is 0. The smallest absolute Gasteiger partial charge is 0.0620 e. The fraction of sp³-hybridized carbons (Fsp3) is 0.100. The second-order valence-electron chi connectivity index (χ2n) is 10.3. The largest absolute Gasteiger partial charge is 0.111 e. The SMILES string of the molecule is CC[P+](c1ccccc1)(c1ccccc1)c1ccccc1.CC[P+](c1ccccc1)(c1ccccc1)c1ccccc1. The lowest BCUT2D eigenvalue weighted by Gasteiger charge is -2.26. The van der Waals surface area contributed by atoms with Crippen LogP contribution in [0.3, 0.4) is 0 Å². The van der Waals surface area contributed by atoms with E-state index in [-0.39, 0.29) is 0 Å². The van der Waals surface area contributed by atoms with E-state index in [0.717, 1.165) is 12.3 Å². The van der Waals surface area contributed by atoms with Crippen LogP contribution in [-0.2, 0) is 0 Å². The van der Waals surface area contributed by atoms with Crippen molar-refractivity contribution in [3.8, 4) is 0 Å². The van der Waals surface area contributed by atoms with Crippen LogP contribution in [0.2, 0.25) is 0 Å². The summed E-state index contributed by atoms with van der Waals surface area (Å²) in [5, 5.41) is 8.78. The second kappa shape index (κ2) is 14.4. The van der Waals surface area contributed by atoms with Crippen molar-refractivity contribution in [2.24, 2.45) is 0 Å². The van der Waals surface area contributed by atoms with Gasteiger partial charge in [0.15, 0.2) is 0 Å². The van der Waals surface area contributed by atoms with Gasteiger partial charge < -0.3 is 0 Å². The molecule has 0 saturated heterocycles. The Morgan fingerprint density at radius 2 is 0.405 bits per heavy atom. The van der Waals surface area contributed by atoms with Crippen LogP contribution in [-0.4, -0.2) is 12.3 Å². The van der Waals surface area contributed by atoms with Gasteiger partial charge in [-0.05, 0) is 86.6 Å². The molecule has 0 nitrogen and oxygen atoms in total. The zero-order chi connectivity index (χ0) is 29.1. The summed E-state index contributed by atoms with van der Waals surface area (Å²) in [4.78, 5) is 0. The summed E-state index contributed by atoms with van der Waals surface area (Å²) >= 11 is 0. The molecule has 0 radical (unpaired) electrons. The predicted octanol–water partition coefficient (Wildman–Crippen LogP) is 8.00. The summed E-state index contributed by atoms with van der Waals surface area (Å²) in [5.74, 6) is 0. The van der Waals surface area contributed by atoms with Crippen molar-refractivity contribution in [1.82, 2.24) is 0 Å². The minimum atomic E-state index is -1.53. The first-order valence-corrected chi connectivity index (χ1v) is 18.8. The monoisotopic (exact) mass is 582 g/mol. The fourth-order valence-electron chi connectivity index (χ4n) is 6.08. The van der Waals surface area contributed by atoms with Gasteiger partial charge in [-0.3, -0.25) is 0 Å². The molecule has 0 fully saturated rings. The van der Waals surface area contributed by atoms with Crippen molar-refractivity contribution in [3.05, 3.63) is 182 Å².